The molecule has 0 saturated carbocycles. The van der Waals surface area contributed by atoms with Crippen molar-refractivity contribution in [3.63, 3.8) is 0 Å². The average Bonchev–Trinajstić information content (AvgIpc) is 2.89. The smallest absolute Gasteiger partial charge is 0.228 e. The second kappa shape index (κ2) is 5.82. The Morgan fingerprint density at radius 3 is 2.53 bits per heavy atom. The third-order valence-corrected chi connectivity index (χ3v) is 3.36. The van der Waals surface area contributed by atoms with E-state index in [2.05, 4.69) is 4.90 Å². The largest absolute Gasteiger partial charge is 0.315 e. The third kappa shape index (κ3) is 3.30. The maximum absolute atomic E-state index is 12.0. The number of benzene rings is 1. The quantitative estimate of drug-likeness (QED) is 0.794. The molecule has 0 aliphatic carbocycles. The molecule has 1 aromatic rings. The van der Waals surface area contributed by atoms with Crippen LogP contribution in [0.5, 0.6) is 0 Å². The summed E-state index contributed by atoms with van der Waals surface area (Å²) in [4.78, 5) is 16.1. The van der Waals surface area contributed by atoms with Crippen LogP contribution < -0.4 is 4.90 Å². The van der Waals surface area contributed by atoms with Gasteiger partial charge in [0, 0.05) is 25.7 Å². The lowest BCUT2D eigenvalue weighted by Gasteiger charge is -2.19. The molecule has 0 bridgehead atoms. The summed E-state index contributed by atoms with van der Waals surface area (Å²) in [5.74, 6) is 0.197. The Kier molecular flexibility index (Phi) is 4.15. The summed E-state index contributed by atoms with van der Waals surface area (Å²) >= 11 is 0. The van der Waals surface area contributed by atoms with Gasteiger partial charge in [-0.2, -0.15) is 0 Å². The van der Waals surface area contributed by atoms with Crippen molar-refractivity contribution in [3.8, 4) is 0 Å². The number of rotatable bonds is 4. The molecule has 1 aliphatic rings. The number of hydrogen-bond acceptors (Lipinski definition) is 2. The zero-order valence-corrected chi connectivity index (χ0v) is 10.4. The van der Waals surface area contributed by atoms with Gasteiger partial charge in [0.2, 0.25) is 5.91 Å². The normalized spacial score (nSPS) is 16.1. The number of carbonyl (C=O) groups is 1. The van der Waals surface area contributed by atoms with Crippen molar-refractivity contribution in [2.75, 3.05) is 31.6 Å². The molecule has 1 saturated heterocycles. The summed E-state index contributed by atoms with van der Waals surface area (Å²) in [5.41, 5.74) is 0.971. The fourth-order valence-corrected chi connectivity index (χ4v) is 2.22. The Labute approximate surface area is 103 Å². The Balaban J connectivity index is 1.83. The maximum atomic E-state index is 12.0. The van der Waals surface area contributed by atoms with Crippen molar-refractivity contribution in [2.24, 2.45) is 0 Å². The highest BCUT2D eigenvalue weighted by Gasteiger charge is 2.15. The molecule has 92 valence electrons. The molecule has 3 nitrogen and oxygen atoms in total. The zero-order chi connectivity index (χ0) is 12.1. The number of amides is 1. The molecule has 1 aromatic carbocycles. The van der Waals surface area contributed by atoms with Crippen molar-refractivity contribution in [1.82, 2.24) is 4.90 Å². The van der Waals surface area contributed by atoms with Gasteiger partial charge in [0.25, 0.3) is 0 Å². The third-order valence-electron chi connectivity index (χ3n) is 3.36. The Morgan fingerprint density at radius 1 is 1.24 bits per heavy atom. The van der Waals surface area contributed by atoms with E-state index in [4.69, 9.17) is 0 Å². The first-order valence-corrected chi connectivity index (χ1v) is 6.31. The average molecular weight is 232 g/mol. The van der Waals surface area contributed by atoms with E-state index >= 15 is 0 Å². The van der Waals surface area contributed by atoms with E-state index in [-0.39, 0.29) is 5.91 Å². The minimum atomic E-state index is 0.197. The first-order valence-electron chi connectivity index (χ1n) is 6.31. The van der Waals surface area contributed by atoms with Crippen LogP contribution in [-0.2, 0) is 4.79 Å². The molecule has 0 unspecified atom stereocenters. The number of likely N-dealkylation sites (tertiary alicyclic amines) is 1. The van der Waals surface area contributed by atoms with Crippen LogP contribution in [0, 0.1) is 0 Å². The van der Waals surface area contributed by atoms with E-state index in [0.717, 1.165) is 25.3 Å². The molecular formula is C14H20N2O. The van der Waals surface area contributed by atoms with E-state index in [1.807, 2.05) is 37.4 Å². The van der Waals surface area contributed by atoms with Gasteiger partial charge in [0.15, 0.2) is 0 Å². The SMILES string of the molecule is CN(C(=O)CCN1CCCC1)c1ccccc1. The second-order valence-corrected chi connectivity index (χ2v) is 4.59. The molecule has 0 N–H and O–H groups in total. The molecule has 0 radical (unpaired) electrons. The summed E-state index contributed by atoms with van der Waals surface area (Å²) in [7, 11) is 1.85. The molecule has 2 rings (SSSR count). The first kappa shape index (κ1) is 12.1. The monoisotopic (exact) mass is 232 g/mol. The molecule has 0 spiro atoms. The van der Waals surface area contributed by atoms with E-state index in [9.17, 15) is 4.79 Å². The first-order chi connectivity index (χ1) is 8.27. The van der Waals surface area contributed by atoms with Crippen LogP contribution >= 0.6 is 0 Å². The fraction of sp³-hybridized carbons (Fsp3) is 0.500. The predicted octanol–water partition coefficient (Wildman–Crippen LogP) is 2.14. The van der Waals surface area contributed by atoms with Crippen LogP contribution in [0.3, 0.4) is 0 Å². The van der Waals surface area contributed by atoms with Crippen LogP contribution in [0.1, 0.15) is 19.3 Å². The van der Waals surface area contributed by atoms with Gasteiger partial charge in [0.05, 0.1) is 0 Å². The van der Waals surface area contributed by atoms with E-state index in [0.29, 0.717) is 6.42 Å². The lowest BCUT2D eigenvalue weighted by atomic mass is 10.2. The topological polar surface area (TPSA) is 23.6 Å². The number of nitrogens with zero attached hydrogens (tertiary/aromatic N) is 2. The molecular weight excluding hydrogens is 212 g/mol. The predicted molar refractivity (Wildman–Crippen MR) is 70.1 cm³/mol. The number of anilines is 1. The highest BCUT2D eigenvalue weighted by atomic mass is 16.2. The van der Waals surface area contributed by atoms with Crippen molar-refractivity contribution >= 4 is 11.6 Å². The molecule has 3 heteroatoms. The minimum absolute atomic E-state index is 0.197. The summed E-state index contributed by atoms with van der Waals surface area (Å²) < 4.78 is 0. The summed E-state index contributed by atoms with van der Waals surface area (Å²) in [5, 5.41) is 0. The lowest BCUT2D eigenvalue weighted by Crippen LogP contribution is -2.30. The molecule has 1 fully saturated rings. The number of carbonyl (C=O) groups excluding carboxylic acids is 1. The molecule has 0 aromatic heterocycles. The molecule has 17 heavy (non-hydrogen) atoms. The van der Waals surface area contributed by atoms with E-state index < -0.39 is 0 Å². The summed E-state index contributed by atoms with van der Waals surface area (Å²) in [6, 6.07) is 9.81. The van der Waals surface area contributed by atoms with Crippen LogP contribution in [0.15, 0.2) is 30.3 Å². The molecule has 0 atom stereocenters. The van der Waals surface area contributed by atoms with Gasteiger partial charge in [-0.05, 0) is 38.1 Å². The Morgan fingerprint density at radius 2 is 1.88 bits per heavy atom. The van der Waals surface area contributed by atoms with Crippen molar-refractivity contribution in [3.05, 3.63) is 30.3 Å². The minimum Gasteiger partial charge on any atom is -0.315 e. The van der Waals surface area contributed by atoms with Crippen molar-refractivity contribution in [2.45, 2.75) is 19.3 Å². The molecule has 1 aliphatic heterocycles. The standard InChI is InChI=1S/C14H20N2O/c1-15(13-7-3-2-4-8-13)14(17)9-12-16-10-5-6-11-16/h2-4,7-8H,5-6,9-12H2,1H3. The van der Waals surface area contributed by atoms with Gasteiger partial charge in [-0.25, -0.2) is 0 Å². The zero-order valence-electron chi connectivity index (χ0n) is 10.4. The summed E-state index contributed by atoms with van der Waals surface area (Å²) in [6.45, 7) is 3.21. The summed E-state index contributed by atoms with van der Waals surface area (Å²) in [6.07, 6.45) is 3.18. The van der Waals surface area contributed by atoms with E-state index in [1.54, 1.807) is 4.90 Å². The van der Waals surface area contributed by atoms with Gasteiger partial charge in [-0.15, -0.1) is 0 Å². The maximum Gasteiger partial charge on any atom is 0.228 e. The highest BCUT2D eigenvalue weighted by molar-refractivity contribution is 5.92. The van der Waals surface area contributed by atoms with Gasteiger partial charge < -0.3 is 9.80 Å². The fourth-order valence-electron chi connectivity index (χ4n) is 2.22. The number of hydrogen-bond donors (Lipinski definition) is 0. The van der Waals surface area contributed by atoms with Crippen LogP contribution in [0.25, 0.3) is 0 Å². The highest BCUT2D eigenvalue weighted by Crippen LogP contribution is 2.13. The van der Waals surface area contributed by atoms with Gasteiger partial charge >= 0.3 is 0 Å². The Hall–Kier alpha value is -1.35. The molecule has 1 amide bonds. The van der Waals surface area contributed by atoms with Crippen LogP contribution in [0.4, 0.5) is 5.69 Å². The second-order valence-electron chi connectivity index (χ2n) is 4.59. The van der Waals surface area contributed by atoms with Gasteiger partial charge in [-0.1, -0.05) is 18.2 Å². The Bertz CT molecular complexity index is 358. The van der Waals surface area contributed by atoms with Crippen molar-refractivity contribution in [1.29, 1.82) is 0 Å². The van der Waals surface area contributed by atoms with Gasteiger partial charge in [0.1, 0.15) is 0 Å². The molecule has 1 heterocycles. The number of para-hydroxylation sites is 1. The van der Waals surface area contributed by atoms with E-state index in [1.165, 1.54) is 12.8 Å². The van der Waals surface area contributed by atoms with Gasteiger partial charge in [-0.3, -0.25) is 4.79 Å². The van der Waals surface area contributed by atoms with Crippen LogP contribution in [0.2, 0.25) is 0 Å². The van der Waals surface area contributed by atoms with Crippen molar-refractivity contribution < 1.29 is 4.79 Å². The van der Waals surface area contributed by atoms with Crippen LogP contribution in [-0.4, -0.2) is 37.5 Å². The lowest BCUT2D eigenvalue weighted by molar-refractivity contribution is -0.118.